The van der Waals surface area contributed by atoms with Gasteiger partial charge in [-0.2, -0.15) is 0 Å². The summed E-state index contributed by atoms with van der Waals surface area (Å²) in [6.45, 7) is 0. The monoisotopic (exact) mass is 318 g/mol. The van der Waals surface area contributed by atoms with Gasteiger partial charge in [-0.25, -0.2) is 4.98 Å². The summed E-state index contributed by atoms with van der Waals surface area (Å²) in [7, 11) is 0. The van der Waals surface area contributed by atoms with Crippen molar-refractivity contribution in [3.05, 3.63) is 44.7 Å². The van der Waals surface area contributed by atoms with Crippen LogP contribution in [0.2, 0.25) is 8.67 Å². The number of hydrogen-bond acceptors (Lipinski definition) is 5. The van der Waals surface area contributed by atoms with E-state index in [4.69, 9.17) is 28.4 Å². The van der Waals surface area contributed by atoms with E-state index in [-0.39, 0.29) is 0 Å². The second-order valence-electron chi connectivity index (χ2n) is 3.24. The molecule has 18 heavy (non-hydrogen) atoms. The lowest BCUT2D eigenvalue weighted by Crippen LogP contribution is -2.03. The highest BCUT2D eigenvalue weighted by atomic mass is 35.5. The van der Waals surface area contributed by atoms with Gasteiger partial charge in [0.1, 0.15) is 4.34 Å². The Hall–Kier alpha value is -0.750. The molecule has 0 spiro atoms. The Balaban J connectivity index is 2.10. The first kappa shape index (κ1) is 13.7. The van der Waals surface area contributed by atoms with E-state index in [9.17, 15) is 0 Å². The molecule has 94 valence electrons. The fourth-order valence-corrected chi connectivity index (χ4v) is 3.59. The molecule has 3 nitrogen and oxygen atoms in total. The van der Waals surface area contributed by atoms with Crippen LogP contribution in [0.4, 0.5) is 0 Å². The van der Waals surface area contributed by atoms with Crippen LogP contribution in [0.1, 0.15) is 5.56 Å². The van der Waals surface area contributed by atoms with Crippen LogP contribution in [0.15, 0.2) is 40.6 Å². The molecular formula is C11H8Cl2N2OS2. The van der Waals surface area contributed by atoms with Gasteiger partial charge in [-0.15, -0.1) is 11.3 Å². The third-order valence-corrected chi connectivity index (χ3v) is 4.53. The van der Waals surface area contributed by atoms with Crippen molar-refractivity contribution in [2.75, 3.05) is 5.75 Å². The van der Waals surface area contributed by atoms with Crippen molar-refractivity contribution < 1.29 is 5.21 Å². The summed E-state index contributed by atoms with van der Waals surface area (Å²) in [6.07, 6.45) is 1.71. The number of aromatic nitrogens is 1. The molecule has 0 aromatic carbocycles. The molecule has 0 amide bonds. The predicted molar refractivity (Wildman–Crippen MR) is 77.6 cm³/mol. The summed E-state index contributed by atoms with van der Waals surface area (Å²) in [6, 6.07) is 7.34. The fourth-order valence-electron chi connectivity index (χ4n) is 1.27. The normalized spacial score (nSPS) is 11.8. The molecule has 2 aromatic heterocycles. The minimum atomic E-state index is 0.473. The van der Waals surface area contributed by atoms with Crippen molar-refractivity contribution in [2.24, 2.45) is 5.16 Å². The lowest BCUT2D eigenvalue weighted by atomic mass is 10.2. The molecule has 0 saturated heterocycles. The van der Waals surface area contributed by atoms with Crippen molar-refractivity contribution >= 4 is 52.0 Å². The first-order valence-corrected chi connectivity index (χ1v) is 7.46. The van der Waals surface area contributed by atoms with Gasteiger partial charge in [0.2, 0.25) is 0 Å². The van der Waals surface area contributed by atoms with Crippen LogP contribution in [0.3, 0.4) is 0 Å². The molecule has 0 aliphatic heterocycles. The molecular weight excluding hydrogens is 311 g/mol. The average molecular weight is 319 g/mol. The molecule has 0 atom stereocenters. The van der Waals surface area contributed by atoms with Crippen molar-refractivity contribution in [3.63, 3.8) is 0 Å². The van der Waals surface area contributed by atoms with Crippen LogP contribution < -0.4 is 0 Å². The van der Waals surface area contributed by atoms with E-state index in [1.165, 1.54) is 23.1 Å². The molecule has 2 rings (SSSR count). The maximum atomic E-state index is 9.05. The van der Waals surface area contributed by atoms with E-state index < -0.39 is 0 Å². The maximum Gasteiger partial charge on any atom is 0.104 e. The van der Waals surface area contributed by atoms with Gasteiger partial charge in [0.05, 0.1) is 15.1 Å². The molecule has 2 aromatic rings. The number of pyridine rings is 1. The fraction of sp³-hybridized carbons (Fsp3) is 0.0909. The minimum absolute atomic E-state index is 0.473. The minimum Gasteiger partial charge on any atom is -0.411 e. The number of oxime groups is 1. The molecule has 1 N–H and O–H groups in total. The number of hydrogen-bond donors (Lipinski definition) is 1. The zero-order valence-corrected chi connectivity index (χ0v) is 12.2. The zero-order valence-electron chi connectivity index (χ0n) is 9.01. The lowest BCUT2D eigenvalue weighted by Gasteiger charge is -2.02. The van der Waals surface area contributed by atoms with E-state index in [0.29, 0.717) is 25.7 Å². The Kier molecular flexibility index (Phi) is 4.88. The average Bonchev–Trinajstić information content (AvgIpc) is 2.71. The standard InChI is InChI=1S/C11H8Cl2N2OS2/c12-9-5-7(11(13)18-9)8(15-16)6-17-10-3-1-2-4-14-10/h1-5,16H,6H2/b15-8-. The van der Waals surface area contributed by atoms with Crippen LogP contribution in [0.5, 0.6) is 0 Å². The van der Waals surface area contributed by atoms with Crippen LogP contribution in [-0.4, -0.2) is 21.7 Å². The van der Waals surface area contributed by atoms with Gasteiger partial charge in [0.25, 0.3) is 0 Å². The highest BCUT2D eigenvalue weighted by molar-refractivity contribution is 7.99. The van der Waals surface area contributed by atoms with E-state index in [1.54, 1.807) is 12.3 Å². The molecule has 0 fully saturated rings. The van der Waals surface area contributed by atoms with E-state index in [2.05, 4.69) is 10.1 Å². The molecule has 0 saturated carbocycles. The van der Waals surface area contributed by atoms with Gasteiger partial charge in [-0.1, -0.05) is 46.2 Å². The molecule has 7 heteroatoms. The topological polar surface area (TPSA) is 45.5 Å². The number of thioether (sulfide) groups is 1. The Bertz CT molecular complexity index is 557. The summed E-state index contributed by atoms with van der Waals surface area (Å²) in [5, 5.41) is 13.2. The molecule has 0 unspecified atom stereocenters. The van der Waals surface area contributed by atoms with Crippen molar-refractivity contribution in [1.29, 1.82) is 0 Å². The highest BCUT2D eigenvalue weighted by Gasteiger charge is 2.13. The third kappa shape index (κ3) is 3.38. The first-order valence-electron chi connectivity index (χ1n) is 4.90. The Labute approximate surface area is 122 Å². The smallest absolute Gasteiger partial charge is 0.104 e. The summed E-state index contributed by atoms with van der Waals surface area (Å²) < 4.78 is 1.09. The van der Waals surface area contributed by atoms with Gasteiger partial charge in [-0.3, -0.25) is 0 Å². The van der Waals surface area contributed by atoms with Gasteiger partial charge in [0.15, 0.2) is 0 Å². The molecule has 0 radical (unpaired) electrons. The third-order valence-electron chi connectivity index (χ3n) is 2.08. The Morgan fingerprint density at radius 1 is 1.44 bits per heavy atom. The van der Waals surface area contributed by atoms with Gasteiger partial charge >= 0.3 is 0 Å². The SMILES string of the molecule is O/N=C(/CSc1ccccn1)c1cc(Cl)sc1Cl. The second-order valence-corrected chi connectivity index (χ2v) is 6.52. The molecule has 0 aliphatic carbocycles. The Morgan fingerprint density at radius 2 is 2.28 bits per heavy atom. The van der Waals surface area contributed by atoms with Crippen LogP contribution in [0, 0.1) is 0 Å². The van der Waals surface area contributed by atoms with Crippen LogP contribution in [-0.2, 0) is 0 Å². The predicted octanol–water partition coefficient (Wildman–Crippen LogP) is 4.42. The van der Waals surface area contributed by atoms with E-state index in [1.807, 2.05) is 18.2 Å². The van der Waals surface area contributed by atoms with Gasteiger partial charge in [-0.05, 0) is 18.2 Å². The van der Waals surface area contributed by atoms with Crippen molar-refractivity contribution in [3.8, 4) is 0 Å². The summed E-state index contributed by atoms with van der Waals surface area (Å²) in [5.41, 5.74) is 1.15. The Morgan fingerprint density at radius 3 is 2.83 bits per heavy atom. The quantitative estimate of drug-likeness (QED) is 0.393. The number of halogens is 2. The number of thiophene rings is 1. The summed E-state index contributed by atoms with van der Waals surface area (Å²) in [4.78, 5) is 4.18. The number of rotatable bonds is 4. The first-order chi connectivity index (χ1) is 8.70. The molecule has 2 heterocycles. The van der Waals surface area contributed by atoms with Gasteiger partial charge in [0, 0.05) is 17.5 Å². The summed E-state index contributed by atoms with van der Waals surface area (Å²) >= 11 is 14.6. The zero-order chi connectivity index (χ0) is 13.0. The number of nitrogens with zero attached hydrogens (tertiary/aromatic N) is 2. The van der Waals surface area contributed by atoms with Crippen molar-refractivity contribution in [2.45, 2.75) is 5.03 Å². The van der Waals surface area contributed by atoms with Gasteiger partial charge < -0.3 is 5.21 Å². The summed E-state index contributed by atoms with van der Waals surface area (Å²) in [5.74, 6) is 0.473. The maximum absolute atomic E-state index is 9.05. The van der Waals surface area contributed by atoms with Crippen molar-refractivity contribution in [1.82, 2.24) is 4.98 Å². The van der Waals surface area contributed by atoms with Crippen LogP contribution in [0.25, 0.3) is 0 Å². The lowest BCUT2D eigenvalue weighted by molar-refractivity contribution is 0.319. The largest absolute Gasteiger partial charge is 0.411 e. The molecule has 0 aliphatic rings. The second kappa shape index (κ2) is 6.43. The van der Waals surface area contributed by atoms with Crippen LogP contribution >= 0.6 is 46.3 Å². The van der Waals surface area contributed by atoms with E-state index >= 15 is 0 Å². The van der Waals surface area contributed by atoms with E-state index in [0.717, 1.165) is 5.03 Å². The highest BCUT2D eigenvalue weighted by Crippen LogP contribution is 2.32. The molecule has 0 bridgehead atoms.